The van der Waals surface area contributed by atoms with Gasteiger partial charge in [0, 0.05) is 7.05 Å². The quantitative estimate of drug-likeness (QED) is 0.227. The molecule has 0 radical (unpaired) electrons. The highest BCUT2D eigenvalue weighted by atomic mass is 127. The third-order valence-corrected chi connectivity index (χ3v) is 7.83. The zero-order valence-corrected chi connectivity index (χ0v) is 23.9. The zero-order valence-electron chi connectivity index (χ0n) is 18.8. The first kappa shape index (κ1) is 25.7. The molecule has 3 aromatic rings. The molecule has 35 heavy (non-hydrogen) atoms. The molecule has 4 rings (SSSR count). The van der Waals surface area contributed by atoms with E-state index in [1.54, 1.807) is 19.2 Å². The van der Waals surface area contributed by atoms with Crippen LogP contribution in [0.3, 0.4) is 0 Å². The highest BCUT2D eigenvalue weighted by Gasteiger charge is 2.30. The summed E-state index contributed by atoms with van der Waals surface area (Å²) in [5.41, 5.74) is 3.99. The van der Waals surface area contributed by atoms with Crippen molar-refractivity contribution >= 4 is 85.8 Å². The standard InChI is InChI=1S/C26H20I2N2O4S/c1-15-3-5-16(6-4-15)14-34-23-20(27)11-17(12-21(23)28)13-22-24(31)30(2)26(35-22)29-19-9-7-18(8-10-19)25(32)33/h3-13H,14H2,1-2H3,(H,32,33)/b22-13-,29-26?. The fraction of sp³-hybridized carbons (Fsp3) is 0.115. The molecule has 6 nitrogen and oxygen atoms in total. The van der Waals surface area contributed by atoms with E-state index in [4.69, 9.17) is 9.84 Å². The predicted molar refractivity (Wildman–Crippen MR) is 156 cm³/mol. The van der Waals surface area contributed by atoms with Crippen molar-refractivity contribution in [2.75, 3.05) is 7.05 Å². The molecular formula is C26H20I2N2O4S. The molecule has 1 amide bonds. The smallest absolute Gasteiger partial charge is 0.335 e. The molecule has 0 bridgehead atoms. The summed E-state index contributed by atoms with van der Waals surface area (Å²) in [5.74, 6) is -0.308. The first-order valence-corrected chi connectivity index (χ1v) is 13.5. The van der Waals surface area contributed by atoms with Crippen LogP contribution in [0.5, 0.6) is 5.75 Å². The molecule has 9 heteroatoms. The van der Waals surface area contributed by atoms with Crippen molar-refractivity contribution in [3.8, 4) is 5.75 Å². The van der Waals surface area contributed by atoms with Crippen molar-refractivity contribution in [2.45, 2.75) is 13.5 Å². The van der Waals surface area contributed by atoms with Gasteiger partial charge in [-0.05, 0) is 117 Å². The number of carboxylic acids is 1. The number of aryl methyl sites for hydroxylation is 1. The number of halogens is 2. The topological polar surface area (TPSA) is 79.2 Å². The molecule has 1 aliphatic heterocycles. The van der Waals surface area contributed by atoms with Gasteiger partial charge in [-0.15, -0.1) is 0 Å². The normalized spacial score (nSPS) is 15.8. The van der Waals surface area contributed by atoms with Gasteiger partial charge in [0.25, 0.3) is 5.91 Å². The molecule has 0 aliphatic carbocycles. The average Bonchev–Trinajstić information content (AvgIpc) is 3.07. The lowest BCUT2D eigenvalue weighted by molar-refractivity contribution is -0.121. The molecule has 0 saturated carbocycles. The largest absolute Gasteiger partial charge is 0.487 e. The molecule has 0 spiro atoms. The van der Waals surface area contributed by atoms with E-state index in [9.17, 15) is 9.59 Å². The summed E-state index contributed by atoms with van der Waals surface area (Å²) in [6, 6.07) is 18.5. The average molecular weight is 710 g/mol. The Labute approximate surface area is 234 Å². The van der Waals surface area contributed by atoms with Gasteiger partial charge in [0.05, 0.1) is 23.3 Å². The fourth-order valence-electron chi connectivity index (χ4n) is 3.23. The van der Waals surface area contributed by atoms with Crippen molar-refractivity contribution in [1.29, 1.82) is 0 Å². The van der Waals surface area contributed by atoms with E-state index in [0.717, 1.165) is 24.0 Å². The van der Waals surface area contributed by atoms with E-state index in [1.807, 2.05) is 18.2 Å². The van der Waals surface area contributed by atoms with E-state index in [-0.39, 0.29) is 11.5 Å². The van der Waals surface area contributed by atoms with Crippen LogP contribution in [0.25, 0.3) is 6.08 Å². The lowest BCUT2D eigenvalue weighted by Gasteiger charge is -2.12. The predicted octanol–water partition coefficient (Wildman–Crippen LogP) is 6.72. The highest BCUT2D eigenvalue weighted by molar-refractivity contribution is 14.1. The summed E-state index contributed by atoms with van der Waals surface area (Å²) in [6.45, 7) is 2.54. The van der Waals surface area contributed by atoms with Gasteiger partial charge in [-0.2, -0.15) is 0 Å². The number of benzene rings is 3. The van der Waals surface area contributed by atoms with Gasteiger partial charge < -0.3 is 9.84 Å². The third kappa shape index (κ3) is 6.25. The van der Waals surface area contributed by atoms with Gasteiger partial charge in [0.15, 0.2) is 5.17 Å². The second-order valence-electron chi connectivity index (χ2n) is 7.81. The Kier molecular flexibility index (Phi) is 8.17. The minimum Gasteiger partial charge on any atom is -0.487 e. The van der Waals surface area contributed by atoms with Crippen molar-refractivity contribution < 1.29 is 19.4 Å². The lowest BCUT2D eigenvalue weighted by atomic mass is 10.1. The van der Waals surface area contributed by atoms with Crippen LogP contribution < -0.4 is 4.74 Å². The number of carbonyl (C=O) groups excluding carboxylic acids is 1. The molecule has 1 aliphatic rings. The number of amides is 1. The summed E-state index contributed by atoms with van der Waals surface area (Å²) < 4.78 is 8.02. The zero-order chi connectivity index (χ0) is 25.1. The maximum Gasteiger partial charge on any atom is 0.335 e. The number of aliphatic imine (C=N–C) groups is 1. The van der Waals surface area contributed by atoms with E-state index in [2.05, 4.69) is 81.4 Å². The van der Waals surface area contributed by atoms with Crippen molar-refractivity contribution in [2.24, 2.45) is 4.99 Å². The minimum atomic E-state index is -0.993. The Hall–Kier alpha value is -2.38. The molecular weight excluding hydrogens is 690 g/mol. The number of carboxylic acid groups (broad SMARTS) is 1. The van der Waals surface area contributed by atoms with Gasteiger partial charge in [0.1, 0.15) is 12.4 Å². The molecule has 0 atom stereocenters. The number of amidine groups is 1. The number of thioether (sulfide) groups is 1. The molecule has 1 N–H and O–H groups in total. The Morgan fingerprint density at radius 3 is 2.31 bits per heavy atom. The van der Waals surface area contributed by atoms with Crippen LogP contribution in [0.4, 0.5) is 5.69 Å². The summed E-state index contributed by atoms with van der Waals surface area (Å²) in [5, 5.41) is 9.58. The summed E-state index contributed by atoms with van der Waals surface area (Å²) in [4.78, 5) is 30.4. The number of aromatic carboxylic acids is 1. The Bertz CT molecular complexity index is 1330. The SMILES string of the molecule is Cc1ccc(COc2c(I)cc(/C=C3\SC(=Nc4ccc(C(=O)O)cc4)N(C)C3=O)cc2I)cc1. The molecule has 1 fully saturated rings. The Morgan fingerprint density at radius 2 is 1.71 bits per heavy atom. The van der Waals surface area contributed by atoms with Gasteiger partial charge in [-0.25, -0.2) is 9.79 Å². The Balaban J connectivity index is 1.52. The number of carbonyl (C=O) groups is 2. The molecule has 1 saturated heterocycles. The fourth-order valence-corrected chi connectivity index (χ4v) is 6.35. The first-order chi connectivity index (χ1) is 16.7. The van der Waals surface area contributed by atoms with E-state index >= 15 is 0 Å². The number of rotatable bonds is 6. The molecule has 178 valence electrons. The molecule has 1 heterocycles. The van der Waals surface area contributed by atoms with Gasteiger partial charge in [-0.3, -0.25) is 9.69 Å². The second kappa shape index (κ2) is 11.1. The summed E-state index contributed by atoms with van der Waals surface area (Å²) in [7, 11) is 1.68. The molecule has 3 aromatic carbocycles. The molecule has 0 unspecified atom stereocenters. The van der Waals surface area contributed by atoms with Crippen LogP contribution in [0.15, 0.2) is 70.6 Å². The van der Waals surface area contributed by atoms with E-state index in [1.165, 1.54) is 34.4 Å². The van der Waals surface area contributed by atoms with E-state index in [0.29, 0.717) is 22.4 Å². The van der Waals surface area contributed by atoms with Crippen LogP contribution in [0.2, 0.25) is 0 Å². The maximum absolute atomic E-state index is 12.8. The van der Waals surface area contributed by atoms with Crippen molar-refractivity contribution in [3.63, 3.8) is 0 Å². The van der Waals surface area contributed by atoms with Crippen molar-refractivity contribution in [3.05, 3.63) is 95.0 Å². The van der Waals surface area contributed by atoms with Crippen LogP contribution in [-0.2, 0) is 11.4 Å². The maximum atomic E-state index is 12.8. The third-order valence-electron chi connectivity index (χ3n) is 5.16. The number of ether oxygens (including phenoxy) is 1. The second-order valence-corrected chi connectivity index (χ2v) is 11.1. The van der Waals surface area contributed by atoms with Crippen molar-refractivity contribution in [1.82, 2.24) is 4.90 Å². The van der Waals surface area contributed by atoms with Gasteiger partial charge in [0.2, 0.25) is 0 Å². The van der Waals surface area contributed by atoms with Gasteiger partial charge >= 0.3 is 5.97 Å². The molecule has 0 aromatic heterocycles. The van der Waals surface area contributed by atoms with Crippen LogP contribution in [0.1, 0.15) is 27.0 Å². The lowest BCUT2D eigenvalue weighted by Crippen LogP contribution is -2.23. The van der Waals surface area contributed by atoms with Crippen LogP contribution in [-0.4, -0.2) is 34.1 Å². The van der Waals surface area contributed by atoms with Crippen LogP contribution >= 0.6 is 56.9 Å². The van der Waals surface area contributed by atoms with Gasteiger partial charge in [-0.1, -0.05) is 29.8 Å². The number of hydrogen-bond acceptors (Lipinski definition) is 5. The number of hydrogen-bond donors (Lipinski definition) is 1. The minimum absolute atomic E-state index is 0.138. The van der Waals surface area contributed by atoms with E-state index < -0.39 is 5.97 Å². The summed E-state index contributed by atoms with van der Waals surface area (Å²) in [6.07, 6.45) is 1.85. The first-order valence-electron chi connectivity index (χ1n) is 10.5. The summed E-state index contributed by atoms with van der Waals surface area (Å²) >= 11 is 5.80. The van der Waals surface area contributed by atoms with Crippen LogP contribution in [0, 0.1) is 14.1 Å². The number of likely N-dealkylation sites (N-methyl/N-ethyl adjacent to an activating group) is 1. The number of nitrogens with zero attached hydrogens (tertiary/aromatic N) is 2. The Morgan fingerprint density at radius 1 is 1.09 bits per heavy atom. The highest BCUT2D eigenvalue weighted by Crippen LogP contribution is 2.35. The monoisotopic (exact) mass is 710 g/mol.